The van der Waals surface area contributed by atoms with Crippen LogP contribution in [-0.2, 0) is 0 Å². The lowest BCUT2D eigenvalue weighted by molar-refractivity contribution is 0.916. The second-order valence-electron chi connectivity index (χ2n) is 1.83. The number of hydrogen-bond donors (Lipinski definition) is 1. The number of nitrogens with zero attached hydrogens (tertiary/aromatic N) is 1. The fourth-order valence-electron chi connectivity index (χ4n) is 0.653. The van der Waals surface area contributed by atoms with E-state index in [1.165, 1.54) is 12.3 Å². The van der Waals surface area contributed by atoms with Gasteiger partial charge < -0.3 is 4.98 Å². The summed E-state index contributed by atoms with van der Waals surface area (Å²) >= 11 is 2.93. The van der Waals surface area contributed by atoms with Gasteiger partial charge in [-0.3, -0.25) is 4.79 Å². The number of halogens is 1. The predicted molar refractivity (Wildman–Crippen MR) is 45.6 cm³/mol. The minimum atomic E-state index is -0.501. The first kappa shape index (κ1) is 8.00. The molecule has 11 heavy (non-hydrogen) atoms. The second kappa shape index (κ2) is 2.87. The van der Waals surface area contributed by atoms with Gasteiger partial charge in [-0.2, -0.15) is 0 Å². The molecule has 0 saturated heterocycles. The lowest BCUT2D eigenvalue weighted by atomic mass is 10.6. The van der Waals surface area contributed by atoms with E-state index in [-0.39, 0.29) is 4.61 Å². The molecule has 0 amide bonds. The number of nitrogens with one attached hydrogen (secondary N) is 1. The van der Waals surface area contributed by atoms with Crippen molar-refractivity contribution in [2.24, 2.45) is 0 Å². The molecule has 1 heterocycles. The molecule has 0 aliphatic rings. The number of aromatic nitrogens is 2. The van der Waals surface area contributed by atoms with E-state index < -0.39 is 11.2 Å². The van der Waals surface area contributed by atoms with Crippen molar-refractivity contribution in [3.05, 3.63) is 39.7 Å². The van der Waals surface area contributed by atoms with E-state index in [0.717, 1.165) is 4.57 Å². The van der Waals surface area contributed by atoms with Crippen molar-refractivity contribution in [3.63, 3.8) is 0 Å². The Bertz CT molecular complexity index is 362. The van der Waals surface area contributed by atoms with Crippen molar-refractivity contribution < 1.29 is 0 Å². The van der Waals surface area contributed by atoms with Crippen molar-refractivity contribution in [3.8, 4) is 0 Å². The van der Waals surface area contributed by atoms with Gasteiger partial charge in [0.1, 0.15) is 0 Å². The van der Waals surface area contributed by atoms with Crippen LogP contribution in [0.3, 0.4) is 0 Å². The van der Waals surface area contributed by atoms with Crippen LogP contribution in [0, 0.1) is 0 Å². The van der Waals surface area contributed by atoms with Gasteiger partial charge in [0.25, 0.3) is 5.56 Å². The highest BCUT2D eigenvalue weighted by molar-refractivity contribution is 9.14. The SMILES string of the molecule is C=C(Br)n1c(=O)cc[nH]c1=O. The molecular weight excluding hydrogens is 212 g/mol. The van der Waals surface area contributed by atoms with Crippen LogP contribution < -0.4 is 11.2 Å². The van der Waals surface area contributed by atoms with Crippen LogP contribution in [0.4, 0.5) is 0 Å². The highest BCUT2D eigenvalue weighted by atomic mass is 79.9. The van der Waals surface area contributed by atoms with Gasteiger partial charge in [0, 0.05) is 12.3 Å². The molecule has 0 bridgehead atoms. The first-order chi connectivity index (χ1) is 5.13. The third-order valence-electron chi connectivity index (χ3n) is 1.10. The van der Waals surface area contributed by atoms with E-state index in [2.05, 4.69) is 27.5 Å². The molecule has 1 N–H and O–H groups in total. The Morgan fingerprint density at radius 2 is 2.27 bits per heavy atom. The number of H-pyrrole nitrogens is 1. The zero-order valence-electron chi connectivity index (χ0n) is 5.50. The van der Waals surface area contributed by atoms with Gasteiger partial charge in [0.2, 0.25) is 0 Å². The third-order valence-corrected chi connectivity index (χ3v) is 1.45. The Balaban J connectivity index is 3.58. The second-order valence-corrected chi connectivity index (χ2v) is 2.75. The van der Waals surface area contributed by atoms with Gasteiger partial charge in [-0.1, -0.05) is 6.58 Å². The van der Waals surface area contributed by atoms with Crippen molar-refractivity contribution in [1.82, 2.24) is 9.55 Å². The Hall–Kier alpha value is -1.10. The highest BCUT2D eigenvalue weighted by Gasteiger charge is 1.99. The molecule has 0 aromatic carbocycles. The molecule has 1 aromatic heterocycles. The predicted octanol–water partition coefficient (Wildman–Crippen LogP) is 0.360. The molecule has 5 heteroatoms. The molecule has 0 aliphatic carbocycles. The molecule has 1 rings (SSSR count). The Morgan fingerprint density at radius 3 is 2.64 bits per heavy atom. The Labute approximate surface area is 70.3 Å². The summed E-state index contributed by atoms with van der Waals surface area (Å²) in [6.07, 6.45) is 1.29. The van der Waals surface area contributed by atoms with Crippen LogP contribution in [0.25, 0.3) is 4.61 Å². The van der Waals surface area contributed by atoms with E-state index in [4.69, 9.17) is 0 Å². The maximum absolute atomic E-state index is 10.9. The lowest BCUT2D eigenvalue weighted by Gasteiger charge is -1.97. The molecule has 1 aromatic rings. The Morgan fingerprint density at radius 1 is 1.64 bits per heavy atom. The summed E-state index contributed by atoms with van der Waals surface area (Å²) in [6, 6.07) is 1.24. The normalized spacial score (nSPS) is 9.55. The van der Waals surface area contributed by atoms with E-state index in [1.807, 2.05) is 0 Å². The average Bonchev–Trinajstić information content (AvgIpc) is 1.85. The smallest absolute Gasteiger partial charge is 0.314 e. The fourth-order valence-corrected chi connectivity index (χ4v) is 0.989. The van der Waals surface area contributed by atoms with E-state index in [1.54, 1.807) is 0 Å². The summed E-state index contributed by atoms with van der Waals surface area (Å²) in [5, 5.41) is 0. The van der Waals surface area contributed by atoms with Crippen LogP contribution in [0.2, 0.25) is 0 Å². The monoisotopic (exact) mass is 216 g/mol. The molecule has 0 atom stereocenters. The van der Waals surface area contributed by atoms with E-state index in [0.29, 0.717) is 0 Å². The molecular formula is C6H5BrN2O2. The Kier molecular flexibility index (Phi) is 2.09. The average molecular weight is 217 g/mol. The van der Waals surface area contributed by atoms with Gasteiger partial charge in [-0.05, 0) is 15.9 Å². The highest BCUT2D eigenvalue weighted by Crippen LogP contribution is 2.00. The molecule has 58 valence electrons. The van der Waals surface area contributed by atoms with Gasteiger partial charge in [-0.25, -0.2) is 9.36 Å². The number of aromatic amines is 1. The van der Waals surface area contributed by atoms with Crippen molar-refractivity contribution in [2.45, 2.75) is 0 Å². The number of hydrogen-bond acceptors (Lipinski definition) is 2. The van der Waals surface area contributed by atoms with Crippen LogP contribution >= 0.6 is 15.9 Å². The zero-order chi connectivity index (χ0) is 8.43. The summed E-state index contributed by atoms with van der Waals surface area (Å²) < 4.78 is 1.12. The van der Waals surface area contributed by atoms with Crippen molar-refractivity contribution in [1.29, 1.82) is 0 Å². The standard InChI is InChI=1S/C6H5BrN2O2/c1-4(7)9-5(10)2-3-8-6(9)11/h2-3H,1H2,(H,8,11). The van der Waals surface area contributed by atoms with Crippen LogP contribution in [-0.4, -0.2) is 9.55 Å². The van der Waals surface area contributed by atoms with Gasteiger partial charge in [-0.15, -0.1) is 0 Å². The molecule has 0 aliphatic heterocycles. The van der Waals surface area contributed by atoms with E-state index in [9.17, 15) is 9.59 Å². The molecule has 0 spiro atoms. The van der Waals surface area contributed by atoms with Crippen molar-refractivity contribution in [2.75, 3.05) is 0 Å². The van der Waals surface area contributed by atoms with Gasteiger partial charge in [0.05, 0.1) is 4.61 Å². The topological polar surface area (TPSA) is 54.9 Å². The van der Waals surface area contributed by atoms with Crippen LogP contribution in [0.1, 0.15) is 0 Å². The molecule has 0 saturated carbocycles. The summed E-state index contributed by atoms with van der Waals surface area (Å²) in [5.74, 6) is 0. The first-order valence-corrected chi connectivity index (χ1v) is 3.58. The van der Waals surface area contributed by atoms with Gasteiger partial charge >= 0.3 is 5.69 Å². The maximum atomic E-state index is 10.9. The molecule has 4 nitrogen and oxygen atoms in total. The van der Waals surface area contributed by atoms with Crippen molar-refractivity contribution >= 4 is 20.5 Å². The fraction of sp³-hybridized carbons (Fsp3) is 0. The lowest BCUT2D eigenvalue weighted by Crippen LogP contribution is -2.31. The zero-order valence-corrected chi connectivity index (χ0v) is 7.09. The summed E-state index contributed by atoms with van der Waals surface area (Å²) in [4.78, 5) is 24.2. The molecule has 0 unspecified atom stereocenters. The van der Waals surface area contributed by atoms with E-state index >= 15 is 0 Å². The quantitative estimate of drug-likeness (QED) is 0.738. The minimum Gasteiger partial charge on any atom is -0.314 e. The van der Waals surface area contributed by atoms with Crippen LogP contribution in [0.15, 0.2) is 28.4 Å². The minimum absolute atomic E-state index is 0.226. The number of rotatable bonds is 1. The largest absolute Gasteiger partial charge is 0.333 e. The summed E-state index contributed by atoms with van der Waals surface area (Å²) in [7, 11) is 0. The van der Waals surface area contributed by atoms with Gasteiger partial charge in [0.15, 0.2) is 0 Å². The van der Waals surface area contributed by atoms with Crippen LogP contribution in [0.5, 0.6) is 0 Å². The molecule has 0 radical (unpaired) electrons. The summed E-state index contributed by atoms with van der Waals surface area (Å²) in [5.41, 5.74) is -0.907. The first-order valence-electron chi connectivity index (χ1n) is 2.78. The third kappa shape index (κ3) is 1.48. The summed E-state index contributed by atoms with van der Waals surface area (Å²) in [6.45, 7) is 3.41. The maximum Gasteiger partial charge on any atom is 0.333 e. The molecule has 0 fully saturated rings.